The molecule has 1 rings (SSSR count). The highest BCUT2D eigenvalue weighted by Crippen LogP contribution is 2.16. The lowest BCUT2D eigenvalue weighted by molar-refractivity contribution is -0.126. The molecule has 3 heteroatoms. The maximum atomic E-state index is 10.9. The summed E-state index contributed by atoms with van der Waals surface area (Å²) in [6.07, 6.45) is 0.603. The molecular weight excluding hydrogens is 184 g/mol. The van der Waals surface area contributed by atoms with Crippen molar-refractivity contribution in [2.75, 3.05) is 6.61 Å². The molecule has 1 fully saturated rings. The number of Topliss-reactive ketones (excluding diaryl/α,β-unsaturated/α-hetero) is 1. The van der Waals surface area contributed by atoms with Crippen LogP contribution in [0.25, 0.3) is 0 Å². The summed E-state index contributed by atoms with van der Waals surface area (Å²) in [6.45, 7) is 2.48. The zero-order valence-corrected chi connectivity index (χ0v) is 6.85. The van der Waals surface area contributed by atoms with Crippen molar-refractivity contribution in [3.05, 3.63) is 0 Å². The third-order valence-electron chi connectivity index (χ3n) is 1.45. The molecule has 1 heterocycles. The minimum Gasteiger partial charge on any atom is -0.376 e. The third kappa shape index (κ3) is 1.52. The Bertz CT molecular complexity index is 124. The summed E-state index contributed by atoms with van der Waals surface area (Å²) >= 11 is 3.24. The second-order valence-electron chi connectivity index (χ2n) is 2.19. The van der Waals surface area contributed by atoms with Gasteiger partial charge in [0.1, 0.15) is 0 Å². The fourth-order valence-corrected chi connectivity index (χ4v) is 1.21. The standard InChI is InChI=1S/C6H9BrO2/c1-4-6(7)5(8)2-3-9-4/h4,6H,2-3H2,1H3. The number of halogens is 1. The van der Waals surface area contributed by atoms with E-state index in [1.807, 2.05) is 6.92 Å². The number of ether oxygens (including phenoxy) is 1. The number of hydrogen-bond donors (Lipinski definition) is 0. The maximum absolute atomic E-state index is 10.9. The molecule has 2 unspecified atom stereocenters. The Morgan fingerprint density at radius 3 is 2.89 bits per heavy atom. The Morgan fingerprint density at radius 1 is 1.78 bits per heavy atom. The Morgan fingerprint density at radius 2 is 2.44 bits per heavy atom. The first-order valence-electron chi connectivity index (χ1n) is 3.00. The summed E-state index contributed by atoms with van der Waals surface area (Å²) in [5.41, 5.74) is 0. The zero-order valence-electron chi connectivity index (χ0n) is 5.26. The van der Waals surface area contributed by atoms with Crippen LogP contribution in [0.5, 0.6) is 0 Å². The molecule has 1 saturated heterocycles. The lowest BCUT2D eigenvalue weighted by atomic mass is 10.1. The van der Waals surface area contributed by atoms with Crippen LogP contribution in [-0.4, -0.2) is 23.3 Å². The predicted molar refractivity (Wildman–Crippen MR) is 37.8 cm³/mol. The Hall–Kier alpha value is 0.110. The highest BCUT2D eigenvalue weighted by atomic mass is 79.9. The van der Waals surface area contributed by atoms with E-state index in [2.05, 4.69) is 15.9 Å². The first-order valence-corrected chi connectivity index (χ1v) is 3.92. The van der Waals surface area contributed by atoms with Gasteiger partial charge >= 0.3 is 0 Å². The normalized spacial score (nSPS) is 36.9. The van der Waals surface area contributed by atoms with E-state index in [9.17, 15) is 4.79 Å². The number of alkyl halides is 1. The van der Waals surface area contributed by atoms with Gasteiger partial charge in [-0.15, -0.1) is 0 Å². The van der Waals surface area contributed by atoms with Crippen molar-refractivity contribution in [1.29, 1.82) is 0 Å². The summed E-state index contributed by atoms with van der Waals surface area (Å²) < 4.78 is 5.19. The molecule has 2 nitrogen and oxygen atoms in total. The van der Waals surface area contributed by atoms with Crippen molar-refractivity contribution in [3.8, 4) is 0 Å². The molecule has 1 aliphatic rings. The smallest absolute Gasteiger partial charge is 0.151 e. The molecular formula is C6H9BrO2. The average molecular weight is 193 g/mol. The molecule has 2 atom stereocenters. The van der Waals surface area contributed by atoms with E-state index in [0.717, 1.165) is 0 Å². The molecule has 0 amide bonds. The summed E-state index contributed by atoms with van der Waals surface area (Å²) in [5, 5.41) is 0. The summed E-state index contributed by atoms with van der Waals surface area (Å²) in [5.74, 6) is 0.258. The molecule has 0 aromatic carbocycles. The first-order chi connectivity index (χ1) is 4.22. The summed E-state index contributed by atoms with van der Waals surface area (Å²) in [4.78, 5) is 10.8. The van der Waals surface area contributed by atoms with Crippen LogP contribution >= 0.6 is 15.9 Å². The van der Waals surface area contributed by atoms with Gasteiger partial charge in [0.15, 0.2) is 5.78 Å². The van der Waals surface area contributed by atoms with Gasteiger partial charge in [0.05, 0.1) is 17.5 Å². The van der Waals surface area contributed by atoms with E-state index < -0.39 is 0 Å². The third-order valence-corrected chi connectivity index (χ3v) is 2.70. The fraction of sp³-hybridized carbons (Fsp3) is 0.833. The van der Waals surface area contributed by atoms with E-state index in [-0.39, 0.29) is 16.7 Å². The van der Waals surface area contributed by atoms with Crippen LogP contribution in [0.1, 0.15) is 13.3 Å². The fourth-order valence-electron chi connectivity index (χ4n) is 0.830. The molecule has 0 saturated carbocycles. The highest BCUT2D eigenvalue weighted by molar-refractivity contribution is 9.10. The maximum Gasteiger partial charge on any atom is 0.151 e. The minimum atomic E-state index is -0.0775. The highest BCUT2D eigenvalue weighted by Gasteiger charge is 2.26. The molecule has 52 valence electrons. The predicted octanol–water partition coefficient (Wildman–Crippen LogP) is 1.13. The SMILES string of the molecule is CC1OCCC(=O)C1Br. The lowest BCUT2D eigenvalue weighted by Gasteiger charge is -2.22. The van der Waals surface area contributed by atoms with Gasteiger partial charge in [0.25, 0.3) is 0 Å². The average Bonchev–Trinajstić information content (AvgIpc) is 1.83. The molecule has 0 aliphatic carbocycles. The van der Waals surface area contributed by atoms with Gasteiger partial charge in [-0.1, -0.05) is 15.9 Å². The van der Waals surface area contributed by atoms with Crippen molar-refractivity contribution in [1.82, 2.24) is 0 Å². The number of carbonyl (C=O) groups is 1. The summed E-state index contributed by atoms with van der Waals surface area (Å²) in [7, 11) is 0. The molecule has 0 bridgehead atoms. The Kier molecular flexibility index (Phi) is 2.24. The van der Waals surface area contributed by atoms with E-state index in [1.165, 1.54) is 0 Å². The van der Waals surface area contributed by atoms with Crippen molar-refractivity contribution < 1.29 is 9.53 Å². The number of ketones is 1. The lowest BCUT2D eigenvalue weighted by Crippen LogP contribution is -2.35. The Balaban J connectivity index is 2.51. The van der Waals surface area contributed by atoms with Crippen LogP contribution in [0.3, 0.4) is 0 Å². The largest absolute Gasteiger partial charge is 0.376 e. The first kappa shape index (κ1) is 7.22. The number of carbonyl (C=O) groups excluding carboxylic acids is 1. The van der Waals surface area contributed by atoms with Crippen LogP contribution in [0.4, 0.5) is 0 Å². The molecule has 0 N–H and O–H groups in total. The van der Waals surface area contributed by atoms with Gasteiger partial charge in [0, 0.05) is 6.42 Å². The van der Waals surface area contributed by atoms with E-state index in [1.54, 1.807) is 0 Å². The Labute approximate surface area is 62.7 Å². The van der Waals surface area contributed by atoms with E-state index in [0.29, 0.717) is 13.0 Å². The molecule has 1 aliphatic heterocycles. The van der Waals surface area contributed by atoms with Crippen LogP contribution in [0, 0.1) is 0 Å². The monoisotopic (exact) mass is 192 g/mol. The van der Waals surface area contributed by atoms with Gasteiger partial charge < -0.3 is 4.74 Å². The van der Waals surface area contributed by atoms with Gasteiger partial charge in [-0.3, -0.25) is 4.79 Å². The molecule has 0 aromatic heterocycles. The molecule has 0 radical (unpaired) electrons. The topological polar surface area (TPSA) is 26.3 Å². The van der Waals surface area contributed by atoms with Gasteiger partial charge in [-0.2, -0.15) is 0 Å². The molecule has 9 heavy (non-hydrogen) atoms. The molecule has 0 spiro atoms. The van der Waals surface area contributed by atoms with Crippen LogP contribution < -0.4 is 0 Å². The van der Waals surface area contributed by atoms with Crippen LogP contribution in [0.15, 0.2) is 0 Å². The second-order valence-corrected chi connectivity index (χ2v) is 3.18. The van der Waals surface area contributed by atoms with Crippen molar-refractivity contribution in [3.63, 3.8) is 0 Å². The van der Waals surface area contributed by atoms with Crippen molar-refractivity contribution >= 4 is 21.7 Å². The number of hydrogen-bond acceptors (Lipinski definition) is 2. The van der Waals surface area contributed by atoms with Gasteiger partial charge in [-0.25, -0.2) is 0 Å². The molecule has 0 aromatic rings. The van der Waals surface area contributed by atoms with E-state index >= 15 is 0 Å². The quantitative estimate of drug-likeness (QED) is 0.539. The van der Waals surface area contributed by atoms with Crippen molar-refractivity contribution in [2.45, 2.75) is 24.3 Å². The zero-order chi connectivity index (χ0) is 6.85. The van der Waals surface area contributed by atoms with Gasteiger partial charge in [-0.05, 0) is 6.92 Å². The summed E-state index contributed by atoms with van der Waals surface area (Å²) in [6, 6.07) is 0. The second kappa shape index (κ2) is 2.80. The number of rotatable bonds is 0. The van der Waals surface area contributed by atoms with Gasteiger partial charge in [0.2, 0.25) is 0 Å². The van der Waals surface area contributed by atoms with Crippen molar-refractivity contribution in [2.24, 2.45) is 0 Å². The van der Waals surface area contributed by atoms with E-state index in [4.69, 9.17) is 4.74 Å². The van der Waals surface area contributed by atoms with Crippen LogP contribution in [-0.2, 0) is 9.53 Å². The minimum absolute atomic E-state index is 0.0475. The van der Waals surface area contributed by atoms with Crippen LogP contribution in [0.2, 0.25) is 0 Å².